The van der Waals surface area contributed by atoms with Gasteiger partial charge in [0.1, 0.15) is 0 Å². The standard InChI is InChI=1S/C15H24ClNO/c1-4-15(12-6-5-7-13(16)9-12)17-10-14(18)8-11(2)3/h5-7,9,11,14-15,17-18H,4,8,10H2,1-3H3. The molecular formula is C15H24ClNO. The zero-order valence-electron chi connectivity index (χ0n) is 11.5. The van der Waals surface area contributed by atoms with Crippen molar-refractivity contribution in [2.75, 3.05) is 6.54 Å². The first kappa shape index (κ1) is 15.5. The van der Waals surface area contributed by atoms with Gasteiger partial charge in [0.05, 0.1) is 6.10 Å². The molecule has 0 bridgehead atoms. The third-order valence-electron chi connectivity index (χ3n) is 3.00. The summed E-state index contributed by atoms with van der Waals surface area (Å²) in [6, 6.07) is 8.16. The van der Waals surface area contributed by atoms with Gasteiger partial charge in [0, 0.05) is 17.6 Å². The van der Waals surface area contributed by atoms with Crippen LogP contribution >= 0.6 is 11.6 Å². The van der Waals surface area contributed by atoms with Crippen LogP contribution < -0.4 is 5.32 Å². The Balaban J connectivity index is 2.52. The minimum atomic E-state index is -0.279. The maximum Gasteiger partial charge on any atom is 0.0667 e. The molecule has 0 aromatic heterocycles. The number of aliphatic hydroxyl groups is 1. The fourth-order valence-electron chi connectivity index (χ4n) is 2.13. The highest BCUT2D eigenvalue weighted by Crippen LogP contribution is 2.20. The van der Waals surface area contributed by atoms with E-state index in [1.54, 1.807) is 0 Å². The molecule has 2 atom stereocenters. The Labute approximate surface area is 115 Å². The van der Waals surface area contributed by atoms with Gasteiger partial charge in [-0.3, -0.25) is 0 Å². The molecule has 2 N–H and O–H groups in total. The minimum Gasteiger partial charge on any atom is -0.392 e. The molecule has 2 unspecified atom stereocenters. The number of benzene rings is 1. The van der Waals surface area contributed by atoms with Crippen LogP contribution in [0.2, 0.25) is 5.02 Å². The van der Waals surface area contributed by atoms with Crippen LogP contribution in [0.25, 0.3) is 0 Å². The molecule has 1 aromatic carbocycles. The van der Waals surface area contributed by atoms with Crippen LogP contribution in [0.5, 0.6) is 0 Å². The Morgan fingerprint density at radius 3 is 2.61 bits per heavy atom. The van der Waals surface area contributed by atoms with Crippen LogP contribution in [0.3, 0.4) is 0 Å². The molecule has 0 aliphatic rings. The molecule has 0 aliphatic carbocycles. The molecule has 3 heteroatoms. The van der Waals surface area contributed by atoms with Crippen molar-refractivity contribution in [2.45, 2.75) is 45.8 Å². The second-order valence-corrected chi connectivity index (χ2v) is 5.64. The molecule has 0 aliphatic heterocycles. The maximum absolute atomic E-state index is 9.88. The van der Waals surface area contributed by atoms with Gasteiger partial charge in [-0.1, -0.05) is 44.5 Å². The van der Waals surface area contributed by atoms with Gasteiger partial charge in [-0.25, -0.2) is 0 Å². The Kier molecular flexibility index (Phi) is 6.69. The molecule has 18 heavy (non-hydrogen) atoms. The molecule has 0 amide bonds. The van der Waals surface area contributed by atoms with Gasteiger partial charge >= 0.3 is 0 Å². The number of hydrogen-bond donors (Lipinski definition) is 2. The van der Waals surface area contributed by atoms with E-state index in [4.69, 9.17) is 11.6 Å². The van der Waals surface area contributed by atoms with E-state index in [0.717, 1.165) is 17.9 Å². The van der Waals surface area contributed by atoms with E-state index in [-0.39, 0.29) is 12.1 Å². The van der Waals surface area contributed by atoms with E-state index in [1.807, 2.05) is 18.2 Å². The summed E-state index contributed by atoms with van der Waals surface area (Å²) in [6.45, 7) is 7.01. The summed E-state index contributed by atoms with van der Waals surface area (Å²) in [6.07, 6.45) is 1.53. The summed E-state index contributed by atoms with van der Waals surface area (Å²) in [7, 11) is 0. The normalized spacial score (nSPS) is 14.8. The predicted molar refractivity (Wildman–Crippen MR) is 77.9 cm³/mol. The summed E-state index contributed by atoms with van der Waals surface area (Å²) in [4.78, 5) is 0. The van der Waals surface area contributed by atoms with Gasteiger partial charge in [-0.15, -0.1) is 0 Å². The molecule has 1 aromatic rings. The van der Waals surface area contributed by atoms with Crippen molar-refractivity contribution in [3.05, 3.63) is 34.9 Å². The quantitative estimate of drug-likeness (QED) is 0.789. The van der Waals surface area contributed by atoms with E-state index < -0.39 is 0 Å². The molecule has 0 fully saturated rings. The largest absolute Gasteiger partial charge is 0.392 e. The molecule has 0 spiro atoms. The van der Waals surface area contributed by atoms with Gasteiger partial charge in [-0.05, 0) is 36.5 Å². The van der Waals surface area contributed by atoms with Gasteiger partial charge in [-0.2, -0.15) is 0 Å². The zero-order valence-corrected chi connectivity index (χ0v) is 12.2. The molecule has 0 radical (unpaired) electrons. The molecule has 0 heterocycles. The van der Waals surface area contributed by atoms with Crippen molar-refractivity contribution in [3.63, 3.8) is 0 Å². The van der Waals surface area contributed by atoms with E-state index in [9.17, 15) is 5.11 Å². The fraction of sp³-hybridized carbons (Fsp3) is 0.600. The predicted octanol–water partition coefficient (Wildman–Crippen LogP) is 3.79. The van der Waals surface area contributed by atoms with Crippen molar-refractivity contribution in [2.24, 2.45) is 5.92 Å². The molecular weight excluding hydrogens is 246 g/mol. The topological polar surface area (TPSA) is 32.3 Å². The third-order valence-corrected chi connectivity index (χ3v) is 3.24. The number of aliphatic hydroxyl groups excluding tert-OH is 1. The highest BCUT2D eigenvalue weighted by Gasteiger charge is 2.12. The summed E-state index contributed by atoms with van der Waals surface area (Å²) >= 11 is 6.00. The van der Waals surface area contributed by atoms with Crippen LogP contribution in [0.1, 0.15) is 45.2 Å². The summed E-state index contributed by atoms with van der Waals surface area (Å²) in [5.74, 6) is 0.521. The van der Waals surface area contributed by atoms with Gasteiger partial charge in [0.15, 0.2) is 0 Å². The van der Waals surface area contributed by atoms with Gasteiger partial charge in [0.25, 0.3) is 0 Å². The number of rotatable bonds is 7. The van der Waals surface area contributed by atoms with Crippen LogP contribution in [0.4, 0.5) is 0 Å². The highest BCUT2D eigenvalue weighted by atomic mass is 35.5. The van der Waals surface area contributed by atoms with Crippen LogP contribution in [0.15, 0.2) is 24.3 Å². The highest BCUT2D eigenvalue weighted by molar-refractivity contribution is 6.30. The van der Waals surface area contributed by atoms with Crippen molar-refractivity contribution in [1.29, 1.82) is 0 Å². The first-order valence-corrected chi connectivity index (χ1v) is 7.07. The monoisotopic (exact) mass is 269 g/mol. The molecule has 0 saturated carbocycles. The van der Waals surface area contributed by atoms with E-state index in [1.165, 1.54) is 5.56 Å². The minimum absolute atomic E-state index is 0.255. The Hall–Kier alpha value is -0.570. The first-order valence-electron chi connectivity index (χ1n) is 6.69. The van der Waals surface area contributed by atoms with Crippen molar-refractivity contribution in [3.8, 4) is 0 Å². The van der Waals surface area contributed by atoms with Crippen molar-refractivity contribution in [1.82, 2.24) is 5.32 Å². The van der Waals surface area contributed by atoms with Gasteiger partial charge < -0.3 is 10.4 Å². The molecule has 1 rings (SSSR count). The van der Waals surface area contributed by atoms with Crippen LogP contribution in [-0.2, 0) is 0 Å². The summed E-state index contributed by atoms with van der Waals surface area (Å²) < 4.78 is 0. The van der Waals surface area contributed by atoms with Crippen LogP contribution in [-0.4, -0.2) is 17.8 Å². The van der Waals surface area contributed by atoms with E-state index in [0.29, 0.717) is 12.5 Å². The van der Waals surface area contributed by atoms with Gasteiger partial charge in [0.2, 0.25) is 0 Å². The lowest BCUT2D eigenvalue weighted by Crippen LogP contribution is -2.31. The van der Waals surface area contributed by atoms with E-state index >= 15 is 0 Å². The lowest BCUT2D eigenvalue weighted by atomic mass is 10.0. The Morgan fingerprint density at radius 1 is 1.33 bits per heavy atom. The summed E-state index contributed by atoms with van der Waals surface area (Å²) in [5.41, 5.74) is 1.18. The SMILES string of the molecule is CCC(NCC(O)CC(C)C)c1cccc(Cl)c1. The summed E-state index contributed by atoms with van der Waals surface area (Å²) in [5, 5.41) is 14.0. The Bertz CT molecular complexity index is 354. The van der Waals surface area contributed by atoms with Crippen LogP contribution in [0, 0.1) is 5.92 Å². The Morgan fingerprint density at radius 2 is 2.06 bits per heavy atom. The molecule has 102 valence electrons. The first-order chi connectivity index (χ1) is 8.52. The lowest BCUT2D eigenvalue weighted by Gasteiger charge is -2.21. The number of halogens is 1. The lowest BCUT2D eigenvalue weighted by molar-refractivity contribution is 0.142. The number of hydrogen-bond acceptors (Lipinski definition) is 2. The molecule has 0 saturated heterocycles. The average molecular weight is 270 g/mol. The van der Waals surface area contributed by atoms with E-state index in [2.05, 4.69) is 32.2 Å². The second kappa shape index (κ2) is 7.78. The number of nitrogens with one attached hydrogen (secondary N) is 1. The molecule has 2 nitrogen and oxygen atoms in total. The maximum atomic E-state index is 9.88. The van der Waals surface area contributed by atoms with Crippen molar-refractivity contribution >= 4 is 11.6 Å². The second-order valence-electron chi connectivity index (χ2n) is 5.21. The third kappa shape index (κ3) is 5.38. The fourth-order valence-corrected chi connectivity index (χ4v) is 2.33. The van der Waals surface area contributed by atoms with Crippen molar-refractivity contribution < 1.29 is 5.11 Å². The average Bonchev–Trinajstić information content (AvgIpc) is 2.29. The smallest absolute Gasteiger partial charge is 0.0667 e. The zero-order chi connectivity index (χ0) is 13.5.